The lowest BCUT2D eigenvalue weighted by atomic mass is 10.2. The molecule has 0 unspecified atom stereocenters. The van der Waals surface area contributed by atoms with Crippen molar-refractivity contribution in [3.63, 3.8) is 0 Å². The van der Waals surface area contributed by atoms with E-state index in [1.807, 2.05) is 31.3 Å². The lowest BCUT2D eigenvalue weighted by Gasteiger charge is -1.95. The van der Waals surface area contributed by atoms with E-state index in [1.165, 1.54) is 0 Å². The highest BCUT2D eigenvalue weighted by molar-refractivity contribution is 9.10. The molecule has 0 bridgehead atoms. The number of hydrogen-bond donors (Lipinski definition) is 1. The Hall–Kier alpha value is -1.06. The van der Waals surface area contributed by atoms with Crippen molar-refractivity contribution in [3.05, 3.63) is 39.6 Å². The molecule has 0 amide bonds. The number of fused-ring (bicyclic) bond motifs is 3. The van der Waals surface area contributed by atoms with Crippen LogP contribution in [0, 0.1) is 6.92 Å². The normalized spacial score (nSPS) is 11.4. The molecular weight excluding hydrogens is 288 g/mol. The molecule has 0 spiro atoms. The molecule has 3 rings (SSSR count). The number of hydrogen-bond acceptors (Lipinski definition) is 1. The van der Waals surface area contributed by atoms with E-state index < -0.39 is 0 Å². The molecule has 2 nitrogen and oxygen atoms in total. The molecule has 0 radical (unpaired) electrons. The number of H-pyrrole nitrogens is 1. The van der Waals surface area contributed by atoms with Crippen LogP contribution in [0.3, 0.4) is 0 Å². The summed E-state index contributed by atoms with van der Waals surface area (Å²) < 4.78 is 0.977. The fourth-order valence-corrected chi connectivity index (χ4v) is 2.90. The molecule has 0 aliphatic carbocycles. The zero-order chi connectivity index (χ0) is 11.3. The first-order chi connectivity index (χ1) is 7.66. The predicted octanol–water partition coefficient (Wildman–Crippen LogP) is 4.44. The van der Waals surface area contributed by atoms with Gasteiger partial charge in [-0.25, -0.2) is 0 Å². The fourth-order valence-electron chi connectivity index (χ4n) is 1.99. The van der Waals surface area contributed by atoms with Crippen LogP contribution >= 0.6 is 27.5 Å². The zero-order valence-electron chi connectivity index (χ0n) is 8.51. The van der Waals surface area contributed by atoms with Gasteiger partial charge in [-0.2, -0.15) is 0 Å². The van der Waals surface area contributed by atoms with Crippen LogP contribution in [0.4, 0.5) is 0 Å². The highest BCUT2D eigenvalue weighted by Crippen LogP contribution is 2.33. The van der Waals surface area contributed by atoms with Gasteiger partial charge in [-0.1, -0.05) is 11.6 Å². The van der Waals surface area contributed by atoms with Crippen molar-refractivity contribution >= 4 is 49.3 Å². The molecule has 0 aliphatic heterocycles. The number of aromatic nitrogens is 2. The standard InChI is InChI=1S/C12H8BrClN2/c1-6-11-8(2-3-15-6)9-4-7(14)5-10(13)12(9)16-11/h2-5,16H,1H3. The molecule has 1 N–H and O–H groups in total. The van der Waals surface area contributed by atoms with Gasteiger partial charge in [0, 0.05) is 26.5 Å². The van der Waals surface area contributed by atoms with Crippen LogP contribution < -0.4 is 0 Å². The van der Waals surface area contributed by atoms with Crippen LogP contribution in [0.5, 0.6) is 0 Å². The first-order valence-electron chi connectivity index (χ1n) is 4.89. The molecule has 2 heterocycles. The lowest BCUT2D eigenvalue weighted by Crippen LogP contribution is -1.80. The summed E-state index contributed by atoms with van der Waals surface area (Å²) in [5, 5.41) is 3.01. The summed E-state index contributed by atoms with van der Waals surface area (Å²) in [6, 6.07) is 5.87. The number of nitrogens with one attached hydrogen (secondary N) is 1. The average molecular weight is 296 g/mol. The summed E-state index contributed by atoms with van der Waals surface area (Å²) >= 11 is 9.58. The van der Waals surface area contributed by atoms with Crippen molar-refractivity contribution in [1.82, 2.24) is 9.97 Å². The number of rotatable bonds is 0. The average Bonchev–Trinajstić information content (AvgIpc) is 2.59. The lowest BCUT2D eigenvalue weighted by molar-refractivity contribution is 1.22. The summed E-state index contributed by atoms with van der Waals surface area (Å²) in [7, 11) is 0. The van der Waals surface area contributed by atoms with Crippen molar-refractivity contribution in [2.75, 3.05) is 0 Å². The Morgan fingerprint density at radius 3 is 2.88 bits per heavy atom. The van der Waals surface area contributed by atoms with Gasteiger partial charge >= 0.3 is 0 Å². The molecule has 1 aromatic carbocycles. The molecular formula is C12H8BrClN2. The highest BCUT2D eigenvalue weighted by atomic mass is 79.9. The van der Waals surface area contributed by atoms with Crippen molar-refractivity contribution < 1.29 is 0 Å². The first kappa shape index (κ1) is 10.1. The van der Waals surface area contributed by atoms with E-state index >= 15 is 0 Å². The number of aromatic amines is 1. The summed E-state index contributed by atoms with van der Waals surface area (Å²) in [5.41, 5.74) is 3.13. The molecule has 0 fully saturated rings. The zero-order valence-corrected chi connectivity index (χ0v) is 10.9. The van der Waals surface area contributed by atoms with E-state index in [0.717, 1.165) is 37.0 Å². The molecule has 16 heavy (non-hydrogen) atoms. The van der Waals surface area contributed by atoms with Gasteiger partial charge in [0.1, 0.15) is 0 Å². The third kappa shape index (κ3) is 1.35. The Bertz CT molecular complexity index is 703. The third-order valence-corrected chi connectivity index (χ3v) is 3.58. The maximum atomic E-state index is 6.06. The highest BCUT2D eigenvalue weighted by Gasteiger charge is 2.09. The number of halogens is 2. The Kier molecular flexibility index (Phi) is 2.19. The molecule has 0 saturated carbocycles. The maximum Gasteiger partial charge on any atom is 0.0681 e. The summed E-state index contributed by atoms with van der Waals surface area (Å²) in [6.45, 7) is 1.99. The summed E-state index contributed by atoms with van der Waals surface area (Å²) in [6.07, 6.45) is 1.82. The van der Waals surface area contributed by atoms with Gasteiger partial charge in [-0.15, -0.1) is 0 Å². The molecule has 2 aromatic heterocycles. The SMILES string of the molecule is Cc1nccc2c1[nH]c1c(Br)cc(Cl)cc12. The third-order valence-electron chi connectivity index (χ3n) is 2.74. The minimum atomic E-state index is 0.731. The van der Waals surface area contributed by atoms with Crippen LogP contribution in [0.1, 0.15) is 5.69 Å². The van der Waals surface area contributed by atoms with Crippen LogP contribution in [0.2, 0.25) is 5.02 Å². The van der Waals surface area contributed by atoms with E-state index in [0.29, 0.717) is 0 Å². The van der Waals surface area contributed by atoms with Crippen molar-refractivity contribution in [2.24, 2.45) is 0 Å². The Morgan fingerprint density at radius 1 is 1.25 bits per heavy atom. The van der Waals surface area contributed by atoms with Gasteiger partial charge in [-0.05, 0) is 41.1 Å². The smallest absolute Gasteiger partial charge is 0.0681 e. The maximum absolute atomic E-state index is 6.06. The second-order valence-electron chi connectivity index (χ2n) is 3.75. The molecule has 3 aromatic rings. The Balaban J connectivity index is 2.61. The molecule has 4 heteroatoms. The molecule has 0 atom stereocenters. The number of benzene rings is 1. The van der Waals surface area contributed by atoms with Gasteiger partial charge in [0.15, 0.2) is 0 Å². The van der Waals surface area contributed by atoms with Crippen LogP contribution in [0.15, 0.2) is 28.9 Å². The minimum Gasteiger partial charge on any atom is -0.352 e. The van der Waals surface area contributed by atoms with E-state index in [-0.39, 0.29) is 0 Å². The first-order valence-corrected chi connectivity index (χ1v) is 6.06. The number of nitrogens with zero attached hydrogens (tertiary/aromatic N) is 1. The summed E-state index contributed by atoms with van der Waals surface area (Å²) in [5.74, 6) is 0. The Labute approximate surface area is 106 Å². The number of pyridine rings is 1. The van der Waals surface area contributed by atoms with E-state index in [2.05, 4.69) is 25.9 Å². The van der Waals surface area contributed by atoms with Gasteiger partial charge in [0.05, 0.1) is 16.7 Å². The van der Waals surface area contributed by atoms with E-state index in [9.17, 15) is 0 Å². The molecule has 80 valence electrons. The monoisotopic (exact) mass is 294 g/mol. The second kappa shape index (κ2) is 3.47. The van der Waals surface area contributed by atoms with Gasteiger partial charge in [0.25, 0.3) is 0 Å². The van der Waals surface area contributed by atoms with Crippen LogP contribution in [-0.4, -0.2) is 9.97 Å². The summed E-state index contributed by atoms with van der Waals surface area (Å²) in [4.78, 5) is 7.65. The van der Waals surface area contributed by atoms with Crippen LogP contribution in [-0.2, 0) is 0 Å². The van der Waals surface area contributed by atoms with Crippen molar-refractivity contribution in [3.8, 4) is 0 Å². The van der Waals surface area contributed by atoms with Crippen LogP contribution in [0.25, 0.3) is 21.8 Å². The quantitative estimate of drug-likeness (QED) is 0.652. The Morgan fingerprint density at radius 2 is 2.06 bits per heavy atom. The van der Waals surface area contributed by atoms with Gasteiger partial charge in [0.2, 0.25) is 0 Å². The largest absolute Gasteiger partial charge is 0.352 e. The van der Waals surface area contributed by atoms with E-state index in [4.69, 9.17) is 11.6 Å². The van der Waals surface area contributed by atoms with Gasteiger partial charge in [-0.3, -0.25) is 4.98 Å². The minimum absolute atomic E-state index is 0.731. The number of aryl methyl sites for hydroxylation is 1. The molecule has 0 saturated heterocycles. The van der Waals surface area contributed by atoms with E-state index in [1.54, 1.807) is 0 Å². The van der Waals surface area contributed by atoms with Crippen molar-refractivity contribution in [1.29, 1.82) is 0 Å². The molecule has 0 aliphatic rings. The van der Waals surface area contributed by atoms with Crippen molar-refractivity contribution in [2.45, 2.75) is 6.92 Å². The fraction of sp³-hybridized carbons (Fsp3) is 0.0833. The topological polar surface area (TPSA) is 28.7 Å². The predicted molar refractivity (Wildman–Crippen MR) is 71.0 cm³/mol. The van der Waals surface area contributed by atoms with Gasteiger partial charge < -0.3 is 4.98 Å². The second-order valence-corrected chi connectivity index (χ2v) is 5.04.